The van der Waals surface area contributed by atoms with Gasteiger partial charge in [0.25, 0.3) is 0 Å². The van der Waals surface area contributed by atoms with Crippen LogP contribution in [-0.2, 0) is 17.6 Å². The van der Waals surface area contributed by atoms with E-state index >= 15 is 0 Å². The lowest BCUT2D eigenvalue weighted by Crippen LogP contribution is -2.26. The van der Waals surface area contributed by atoms with Gasteiger partial charge in [0.05, 0.1) is 12.8 Å². The molecule has 0 unspecified atom stereocenters. The Morgan fingerprint density at radius 3 is 2.80 bits per heavy atom. The molecule has 4 rings (SSSR count). The summed E-state index contributed by atoms with van der Waals surface area (Å²) in [4.78, 5) is 17.6. The quantitative estimate of drug-likeness (QED) is 0.454. The number of nitrogens with zero attached hydrogens (tertiary/aromatic N) is 2. The van der Waals surface area contributed by atoms with E-state index in [1.54, 1.807) is 25.3 Å². The van der Waals surface area contributed by atoms with E-state index in [4.69, 9.17) is 4.74 Å². The van der Waals surface area contributed by atoms with Crippen LogP contribution in [0.4, 0.5) is 4.39 Å². The van der Waals surface area contributed by atoms with Gasteiger partial charge in [0.1, 0.15) is 11.6 Å². The number of imidazole rings is 1. The van der Waals surface area contributed by atoms with Gasteiger partial charge in [0, 0.05) is 35.8 Å². The SMILES string of the molecule is COc1ccccc1CCNC(=O)CCc1csc2nc(-c3ccccc3F)cn12. The van der Waals surface area contributed by atoms with Gasteiger partial charge < -0.3 is 10.1 Å². The summed E-state index contributed by atoms with van der Waals surface area (Å²) in [5, 5.41) is 4.96. The van der Waals surface area contributed by atoms with Crippen LogP contribution >= 0.6 is 11.3 Å². The zero-order valence-corrected chi connectivity index (χ0v) is 17.4. The molecule has 2 aromatic heterocycles. The second-order valence-corrected chi connectivity index (χ2v) is 7.73. The first kappa shape index (κ1) is 20.1. The summed E-state index contributed by atoms with van der Waals surface area (Å²) < 4.78 is 21.3. The number of halogens is 1. The van der Waals surface area contributed by atoms with Crippen LogP contribution < -0.4 is 10.1 Å². The standard InChI is InChI=1S/C23H22FN3O2S/c1-29-21-9-5-2-6-16(21)12-13-25-22(28)11-10-17-15-30-23-26-20(14-27(17)23)18-7-3-4-8-19(18)24/h2-9,14-15H,10-13H2,1H3,(H,25,28). The van der Waals surface area contributed by atoms with Crippen molar-refractivity contribution >= 4 is 22.2 Å². The molecule has 0 radical (unpaired) electrons. The lowest BCUT2D eigenvalue weighted by molar-refractivity contribution is -0.121. The van der Waals surface area contributed by atoms with E-state index in [1.807, 2.05) is 40.2 Å². The average molecular weight is 424 g/mol. The number of methoxy groups -OCH3 is 1. The molecule has 2 heterocycles. The molecule has 30 heavy (non-hydrogen) atoms. The number of rotatable bonds is 8. The Kier molecular flexibility index (Phi) is 6.09. The van der Waals surface area contributed by atoms with E-state index in [1.165, 1.54) is 17.4 Å². The molecule has 1 amide bonds. The van der Waals surface area contributed by atoms with Crippen molar-refractivity contribution in [2.24, 2.45) is 0 Å². The van der Waals surface area contributed by atoms with E-state index in [0.717, 1.165) is 22.0 Å². The molecule has 5 nitrogen and oxygen atoms in total. The molecule has 0 aliphatic heterocycles. The van der Waals surface area contributed by atoms with Crippen LogP contribution in [0.2, 0.25) is 0 Å². The van der Waals surface area contributed by atoms with E-state index < -0.39 is 0 Å². The Bertz CT molecular complexity index is 1170. The maximum Gasteiger partial charge on any atom is 0.220 e. The molecule has 4 aromatic rings. The van der Waals surface area contributed by atoms with Crippen LogP contribution in [0.3, 0.4) is 0 Å². The Morgan fingerprint density at radius 2 is 1.97 bits per heavy atom. The highest BCUT2D eigenvalue weighted by Crippen LogP contribution is 2.26. The number of amides is 1. The minimum Gasteiger partial charge on any atom is -0.496 e. The van der Waals surface area contributed by atoms with Gasteiger partial charge in [0.2, 0.25) is 5.91 Å². The van der Waals surface area contributed by atoms with Crippen LogP contribution in [0.15, 0.2) is 60.1 Å². The number of aryl methyl sites for hydroxylation is 1. The topological polar surface area (TPSA) is 55.6 Å². The van der Waals surface area contributed by atoms with Crippen LogP contribution in [-0.4, -0.2) is 28.9 Å². The van der Waals surface area contributed by atoms with Crippen LogP contribution in [0.25, 0.3) is 16.2 Å². The minimum absolute atomic E-state index is 0.00121. The molecule has 0 saturated heterocycles. The Balaban J connectivity index is 1.34. The lowest BCUT2D eigenvalue weighted by Gasteiger charge is -2.09. The number of para-hydroxylation sites is 1. The zero-order chi connectivity index (χ0) is 20.9. The number of ether oxygens (including phenoxy) is 1. The summed E-state index contributed by atoms with van der Waals surface area (Å²) >= 11 is 1.49. The number of nitrogens with one attached hydrogen (secondary N) is 1. The van der Waals surface area contributed by atoms with E-state index in [-0.39, 0.29) is 11.7 Å². The van der Waals surface area contributed by atoms with Gasteiger partial charge in [-0.1, -0.05) is 30.3 Å². The molecule has 2 aromatic carbocycles. The summed E-state index contributed by atoms with van der Waals surface area (Å²) in [5.74, 6) is 0.538. The number of fused-ring (bicyclic) bond motifs is 1. The van der Waals surface area contributed by atoms with Crippen molar-refractivity contribution in [3.8, 4) is 17.0 Å². The molecule has 7 heteroatoms. The maximum absolute atomic E-state index is 14.0. The first-order chi connectivity index (χ1) is 14.7. The molecule has 0 aliphatic carbocycles. The highest BCUT2D eigenvalue weighted by atomic mass is 32.1. The van der Waals surface area contributed by atoms with Gasteiger partial charge in [-0.05, 0) is 36.6 Å². The third-order valence-electron chi connectivity index (χ3n) is 4.95. The van der Waals surface area contributed by atoms with Crippen LogP contribution in [0, 0.1) is 5.82 Å². The lowest BCUT2D eigenvalue weighted by atomic mass is 10.1. The van der Waals surface area contributed by atoms with Gasteiger partial charge in [-0.15, -0.1) is 11.3 Å². The minimum atomic E-state index is -0.292. The number of thiazole rings is 1. The number of benzene rings is 2. The van der Waals surface area contributed by atoms with Crippen molar-refractivity contribution in [2.45, 2.75) is 19.3 Å². The third kappa shape index (κ3) is 4.36. The molecular weight excluding hydrogens is 401 g/mol. The van der Waals surface area contributed by atoms with Gasteiger partial charge in [-0.25, -0.2) is 9.37 Å². The summed E-state index contributed by atoms with van der Waals surface area (Å²) in [6.45, 7) is 0.556. The first-order valence-corrected chi connectivity index (χ1v) is 10.6. The Morgan fingerprint density at radius 1 is 1.17 bits per heavy atom. The van der Waals surface area contributed by atoms with E-state index in [0.29, 0.717) is 37.1 Å². The predicted molar refractivity (Wildman–Crippen MR) is 116 cm³/mol. The summed E-state index contributed by atoms with van der Waals surface area (Å²) in [6.07, 6.45) is 3.52. The van der Waals surface area contributed by atoms with Crippen molar-refractivity contribution in [1.29, 1.82) is 0 Å². The molecule has 154 valence electrons. The van der Waals surface area contributed by atoms with Crippen molar-refractivity contribution in [3.63, 3.8) is 0 Å². The molecule has 0 atom stereocenters. The molecule has 0 bridgehead atoms. The fraction of sp³-hybridized carbons (Fsp3) is 0.217. The molecule has 1 N–H and O–H groups in total. The molecule has 0 saturated carbocycles. The van der Waals surface area contributed by atoms with Crippen molar-refractivity contribution in [3.05, 3.63) is 77.2 Å². The number of aromatic nitrogens is 2. The average Bonchev–Trinajstić information content (AvgIpc) is 3.34. The summed E-state index contributed by atoms with van der Waals surface area (Å²) in [5.41, 5.74) is 3.14. The number of hydrogen-bond donors (Lipinski definition) is 1. The van der Waals surface area contributed by atoms with Crippen LogP contribution in [0.1, 0.15) is 17.7 Å². The molecule has 0 spiro atoms. The fourth-order valence-corrected chi connectivity index (χ4v) is 4.29. The Labute approximate surface area is 178 Å². The highest BCUT2D eigenvalue weighted by molar-refractivity contribution is 7.15. The Hall–Kier alpha value is -3.19. The van der Waals surface area contributed by atoms with Crippen LogP contribution in [0.5, 0.6) is 5.75 Å². The monoisotopic (exact) mass is 423 g/mol. The second-order valence-electron chi connectivity index (χ2n) is 6.90. The summed E-state index contributed by atoms with van der Waals surface area (Å²) in [7, 11) is 1.65. The van der Waals surface area contributed by atoms with Crippen molar-refractivity contribution in [2.75, 3.05) is 13.7 Å². The number of hydrogen-bond acceptors (Lipinski definition) is 4. The molecule has 0 fully saturated rings. The molecular formula is C23H22FN3O2S. The van der Waals surface area contributed by atoms with Crippen molar-refractivity contribution in [1.82, 2.24) is 14.7 Å². The highest BCUT2D eigenvalue weighted by Gasteiger charge is 2.13. The smallest absolute Gasteiger partial charge is 0.220 e. The maximum atomic E-state index is 14.0. The fourth-order valence-electron chi connectivity index (χ4n) is 3.38. The zero-order valence-electron chi connectivity index (χ0n) is 16.6. The van der Waals surface area contributed by atoms with Gasteiger partial charge in [-0.3, -0.25) is 9.20 Å². The van der Waals surface area contributed by atoms with Gasteiger partial charge >= 0.3 is 0 Å². The number of carbonyl (C=O) groups is 1. The van der Waals surface area contributed by atoms with Gasteiger partial charge in [-0.2, -0.15) is 0 Å². The third-order valence-corrected chi connectivity index (χ3v) is 5.84. The summed E-state index contributed by atoms with van der Waals surface area (Å²) in [6, 6.07) is 14.4. The predicted octanol–water partition coefficient (Wildman–Crippen LogP) is 4.50. The second kappa shape index (κ2) is 9.09. The van der Waals surface area contributed by atoms with Gasteiger partial charge in [0.15, 0.2) is 4.96 Å². The number of carbonyl (C=O) groups excluding carboxylic acids is 1. The largest absolute Gasteiger partial charge is 0.496 e. The van der Waals surface area contributed by atoms with E-state index in [9.17, 15) is 9.18 Å². The van der Waals surface area contributed by atoms with Crippen molar-refractivity contribution < 1.29 is 13.9 Å². The normalized spacial score (nSPS) is 11.0. The first-order valence-electron chi connectivity index (χ1n) is 9.74. The van der Waals surface area contributed by atoms with E-state index in [2.05, 4.69) is 10.3 Å². The molecule has 0 aliphatic rings.